The number of amides is 1. The van der Waals surface area contributed by atoms with Gasteiger partial charge in [0.2, 0.25) is 5.88 Å². The summed E-state index contributed by atoms with van der Waals surface area (Å²) in [6, 6.07) is 7.76. The van der Waals surface area contributed by atoms with E-state index in [0.29, 0.717) is 35.4 Å². The van der Waals surface area contributed by atoms with Crippen molar-refractivity contribution in [3.63, 3.8) is 0 Å². The molecule has 2 saturated heterocycles. The smallest absolute Gasteiger partial charge is 0.273 e. The van der Waals surface area contributed by atoms with Gasteiger partial charge < -0.3 is 9.64 Å². The Morgan fingerprint density at radius 2 is 2.06 bits per heavy atom. The molecule has 7 heteroatoms. The largest absolute Gasteiger partial charge is 0.472 e. The lowest BCUT2D eigenvalue weighted by Gasteiger charge is -2.49. The molecule has 3 fully saturated rings. The summed E-state index contributed by atoms with van der Waals surface area (Å²) < 4.78 is 6.26. The van der Waals surface area contributed by atoms with E-state index >= 15 is 0 Å². The number of aromatic nitrogens is 2. The number of amidine groups is 1. The molecule has 6 rings (SSSR count). The van der Waals surface area contributed by atoms with Gasteiger partial charge in [0.05, 0.1) is 11.6 Å². The number of carbonyl (C=O) groups is 1. The van der Waals surface area contributed by atoms with Crippen molar-refractivity contribution < 1.29 is 9.53 Å². The van der Waals surface area contributed by atoms with E-state index in [1.807, 2.05) is 55.4 Å². The second-order valence-electron chi connectivity index (χ2n) is 8.69. The van der Waals surface area contributed by atoms with Crippen LogP contribution in [-0.2, 0) is 0 Å². The Hall–Kier alpha value is -3.09. The van der Waals surface area contributed by atoms with Crippen molar-refractivity contribution in [3.05, 3.63) is 53.0 Å². The van der Waals surface area contributed by atoms with Gasteiger partial charge in [0.25, 0.3) is 5.91 Å². The van der Waals surface area contributed by atoms with E-state index in [4.69, 9.17) is 4.74 Å². The van der Waals surface area contributed by atoms with Crippen LogP contribution < -0.4 is 4.74 Å². The van der Waals surface area contributed by atoms with Gasteiger partial charge in [-0.25, -0.2) is 15.0 Å². The first kappa shape index (κ1) is 19.8. The molecule has 1 saturated carbocycles. The first-order valence-electron chi connectivity index (χ1n) is 11.0. The first-order chi connectivity index (χ1) is 15.1. The van der Waals surface area contributed by atoms with Crippen LogP contribution in [0.1, 0.15) is 53.0 Å². The van der Waals surface area contributed by atoms with E-state index < -0.39 is 0 Å². The molecule has 1 amide bonds. The molecule has 0 aromatic carbocycles. The summed E-state index contributed by atoms with van der Waals surface area (Å²) in [4.78, 5) is 33.7. The summed E-state index contributed by atoms with van der Waals surface area (Å²) in [5.41, 5.74) is 3.06. The molecule has 2 aromatic rings. The Kier molecular flexibility index (Phi) is 5.26. The Morgan fingerprint density at radius 3 is 2.81 bits per heavy atom. The van der Waals surface area contributed by atoms with E-state index in [-0.39, 0.29) is 18.1 Å². The molecule has 4 aliphatic rings. The molecule has 1 aliphatic carbocycles. The predicted octanol–water partition coefficient (Wildman–Crippen LogP) is 3.39. The van der Waals surface area contributed by atoms with Crippen molar-refractivity contribution in [3.8, 4) is 5.88 Å². The number of pyridine rings is 2. The Labute approximate surface area is 182 Å². The highest BCUT2D eigenvalue weighted by atomic mass is 16.5. The van der Waals surface area contributed by atoms with Gasteiger partial charge in [-0.1, -0.05) is 6.07 Å². The Morgan fingerprint density at radius 1 is 1.16 bits per heavy atom. The zero-order chi connectivity index (χ0) is 21.4. The highest BCUT2D eigenvalue weighted by molar-refractivity contribution is 6.11. The molecule has 0 N–H and O–H groups in total. The molecule has 2 bridgehead atoms. The molecule has 31 heavy (non-hydrogen) atoms. The summed E-state index contributed by atoms with van der Waals surface area (Å²) in [6.07, 6.45) is 7.47. The minimum Gasteiger partial charge on any atom is -0.472 e. The van der Waals surface area contributed by atoms with Gasteiger partial charge >= 0.3 is 0 Å². The maximum atomic E-state index is 13.7. The molecule has 5 heterocycles. The zero-order valence-electron chi connectivity index (χ0n) is 18.0. The number of hydrogen-bond acceptors (Lipinski definition) is 6. The summed E-state index contributed by atoms with van der Waals surface area (Å²) in [6.45, 7) is 5.35. The van der Waals surface area contributed by atoms with Gasteiger partial charge in [0.1, 0.15) is 11.8 Å². The van der Waals surface area contributed by atoms with Gasteiger partial charge in [0, 0.05) is 43.7 Å². The van der Waals surface area contributed by atoms with Gasteiger partial charge in [-0.3, -0.25) is 9.79 Å². The van der Waals surface area contributed by atoms with Crippen molar-refractivity contribution in [1.29, 1.82) is 0 Å². The van der Waals surface area contributed by atoms with Crippen LogP contribution in [-0.4, -0.2) is 58.1 Å². The van der Waals surface area contributed by atoms with E-state index in [9.17, 15) is 4.79 Å². The summed E-state index contributed by atoms with van der Waals surface area (Å²) >= 11 is 0. The number of ether oxygens (including phenoxy) is 1. The van der Waals surface area contributed by atoms with E-state index in [1.165, 1.54) is 0 Å². The van der Waals surface area contributed by atoms with Gasteiger partial charge in [-0.15, -0.1) is 0 Å². The molecule has 3 aliphatic heterocycles. The fourth-order valence-corrected chi connectivity index (χ4v) is 4.78. The topological polar surface area (TPSA) is 80.0 Å². The number of rotatable bonds is 4. The third-order valence-corrected chi connectivity index (χ3v) is 6.35. The Bertz CT molecular complexity index is 1050. The maximum Gasteiger partial charge on any atom is 0.273 e. The third kappa shape index (κ3) is 3.96. The molecular formula is C24H27N5O2. The first-order valence-corrected chi connectivity index (χ1v) is 11.0. The molecule has 3 atom stereocenters. The number of hydrogen-bond donors (Lipinski definition) is 0. The minimum absolute atomic E-state index is 0.0209. The molecule has 0 spiro atoms. The average Bonchev–Trinajstić information content (AvgIpc) is 2.81. The second-order valence-corrected chi connectivity index (χ2v) is 8.69. The molecule has 2 aromatic heterocycles. The zero-order valence-corrected chi connectivity index (χ0v) is 18.0. The summed E-state index contributed by atoms with van der Waals surface area (Å²) in [7, 11) is 0. The maximum absolute atomic E-state index is 13.7. The van der Waals surface area contributed by atoms with Crippen molar-refractivity contribution in [1.82, 2.24) is 14.9 Å². The minimum atomic E-state index is -0.0537. The Balaban J connectivity index is 1.43. The van der Waals surface area contributed by atoms with Crippen LogP contribution >= 0.6 is 0 Å². The average molecular weight is 418 g/mol. The number of aliphatic imine (C=N–C) groups is 2. The van der Waals surface area contributed by atoms with Crippen molar-refractivity contribution in [2.24, 2.45) is 15.9 Å². The number of piperidine rings is 2. The monoisotopic (exact) mass is 417 g/mol. The lowest BCUT2D eigenvalue weighted by molar-refractivity contribution is -0.0316. The number of fused-ring (bicyclic) bond motifs is 3. The molecular weight excluding hydrogens is 390 g/mol. The van der Waals surface area contributed by atoms with Crippen LogP contribution in [0.2, 0.25) is 0 Å². The van der Waals surface area contributed by atoms with E-state index in [1.54, 1.807) is 0 Å². The predicted molar refractivity (Wildman–Crippen MR) is 119 cm³/mol. The standard InChI is InChI=1S/C24H27N5O2/c1-15-4-9-21(27-13-15)31-20-12-17-6-8-19(20)29(14-17)24(30)22-18(7-5-16(2)28-22)23-25-10-3-11-26-23/h4-5,7,9-10,13,17,19-20H,3,6,8,11-12,14H2,1-2H3. The van der Waals surface area contributed by atoms with Crippen LogP contribution in [0.5, 0.6) is 5.88 Å². The quantitative estimate of drug-likeness (QED) is 0.764. The van der Waals surface area contributed by atoms with Crippen LogP contribution in [0.25, 0.3) is 0 Å². The van der Waals surface area contributed by atoms with Crippen LogP contribution in [0, 0.1) is 19.8 Å². The molecule has 0 radical (unpaired) electrons. The van der Waals surface area contributed by atoms with Crippen molar-refractivity contribution >= 4 is 18.0 Å². The molecule has 3 unspecified atom stereocenters. The SMILES string of the molecule is Cc1ccc(OC2CC3CCC2N(C(=O)c2nc(C)ccc2C2=NCCC=N2)C3)nc1. The lowest BCUT2D eigenvalue weighted by atomic mass is 9.77. The summed E-state index contributed by atoms with van der Waals surface area (Å²) in [5.74, 6) is 1.60. The van der Waals surface area contributed by atoms with Gasteiger partial charge in [0.15, 0.2) is 5.84 Å². The van der Waals surface area contributed by atoms with Crippen LogP contribution in [0.4, 0.5) is 0 Å². The molecule has 7 nitrogen and oxygen atoms in total. The fourth-order valence-electron chi connectivity index (χ4n) is 4.78. The van der Waals surface area contributed by atoms with E-state index in [2.05, 4.69) is 20.0 Å². The normalized spacial score (nSPS) is 24.8. The van der Waals surface area contributed by atoms with Crippen LogP contribution in [0.3, 0.4) is 0 Å². The van der Waals surface area contributed by atoms with E-state index in [0.717, 1.165) is 43.5 Å². The van der Waals surface area contributed by atoms with Crippen LogP contribution in [0.15, 0.2) is 40.4 Å². The summed E-state index contributed by atoms with van der Waals surface area (Å²) in [5, 5.41) is 0. The second kappa shape index (κ2) is 8.21. The number of carbonyl (C=O) groups excluding carboxylic acids is 1. The fraction of sp³-hybridized carbons (Fsp3) is 0.458. The van der Waals surface area contributed by atoms with Crippen molar-refractivity contribution in [2.75, 3.05) is 13.1 Å². The van der Waals surface area contributed by atoms with Crippen molar-refractivity contribution in [2.45, 2.75) is 51.7 Å². The lowest BCUT2D eigenvalue weighted by Crippen LogP contribution is -2.59. The third-order valence-electron chi connectivity index (χ3n) is 6.35. The van der Waals surface area contributed by atoms with Gasteiger partial charge in [-0.05, 0) is 56.7 Å². The highest BCUT2D eigenvalue weighted by Crippen LogP contribution is 2.38. The number of nitrogens with zero attached hydrogens (tertiary/aromatic N) is 5. The highest BCUT2D eigenvalue weighted by Gasteiger charge is 2.45. The number of aryl methyl sites for hydroxylation is 2. The van der Waals surface area contributed by atoms with Gasteiger partial charge in [-0.2, -0.15) is 0 Å². The molecule has 160 valence electrons.